The van der Waals surface area contributed by atoms with Crippen molar-refractivity contribution in [1.82, 2.24) is 0 Å². The molecule has 0 atom stereocenters. The van der Waals surface area contributed by atoms with Gasteiger partial charge in [-0.25, -0.2) is 8.42 Å². The molecule has 0 aliphatic rings. The molecule has 2 nitrogen and oxygen atoms in total. The molecule has 1 rings (SSSR count). The zero-order valence-corrected chi connectivity index (χ0v) is 9.11. The lowest BCUT2D eigenvalue weighted by atomic mass is 10.2. The van der Waals surface area contributed by atoms with Gasteiger partial charge in [0.2, 0.25) is 0 Å². The number of hydrogen-bond donors (Lipinski definition) is 0. The van der Waals surface area contributed by atoms with E-state index < -0.39 is 9.84 Å². The van der Waals surface area contributed by atoms with Crippen molar-refractivity contribution in [3.63, 3.8) is 0 Å². The fourth-order valence-corrected chi connectivity index (χ4v) is 2.48. The number of hydrogen-bond acceptors (Lipinski definition) is 2. The van der Waals surface area contributed by atoms with E-state index in [-0.39, 0.29) is 5.75 Å². The van der Waals surface area contributed by atoms with Gasteiger partial charge in [0.1, 0.15) is 0 Å². The van der Waals surface area contributed by atoms with Gasteiger partial charge in [0.25, 0.3) is 0 Å². The number of benzene rings is 1. The average molecular weight is 219 g/mol. The van der Waals surface area contributed by atoms with E-state index in [0.717, 1.165) is 0 Å². The monoisotopic (exact) mass is 218 g/mol. The number of sulfone groups is 1. The predicted octanol–water partition coefficient (Wildman–Crippen LogP) is 2.44. The standard InChI is InChI=1S/C9H11ClO2S/c1-3-13(11,12)9-5-4-8(10)6-7(9)2/h4-6H,3H2,1-2H3. The summed E-state index contributed by atoms with van der Waals surface area (Å²) in [6.07, 6.45) is 0. The van der Waals surface area contributed by atoms with Crippen LogP contribution in [-0.2, 0) is 9.84 Å². The van der Waals surface area contributed by atoms with Gasteiger partial charge in [0.15, 0.2) is 9.84 Å². The first-order valence-electron chi connectivity index (χ1n) is 3.96. The van der Waals surface area contributed by atoms with Crippen molar-refractivity contribution in [3.8, 4) is 0 Å². The average Bonchev–Trinajstić information content (AvgIpc) is 2.03. The van der Waals surface area contributed by atoms with E-state index in [1.165, 1.54) is 0 Å². The van der Waals surface area contributed by atoms with Gasteiger partial charge in [0.05, 0.1) is 10.6 Å². The summed E-state index contributed by atoms with van der Waals surface area (Å²) in [7, 11) is -3.10. The number of aryl methyl sites for hydroxylation is 1. The van der Waals surface area contributed by atoms with Crippen molar-refractivity contribution >= 4 is 21.4 Å². The van der Waals surface area contributed by atoms with Gasteiger partial charge in [-0.3, -0.25) is 0 Å². The maximum absolute atomic E-state index is 11.5. The Kier molecular flexibility index (Phi) is 2.98. The quantitative estimate of drug-likeness (QED) is 0.764. The fraction of sp³-hybridized carbons (Fsp3) is 0.333. The van der Waals surface area contributed by atoms with Crippen LogP contribution in [0.15, 0.2) is 23.1 Å². The number of halogens is 1. The zero-order valence-electron chi connectivity index (χ0n) is 7.54. The van der Waals surface area contributed by atoms with Crippen LogP contribution in [0, 0.1) is 6.92 Å². The summed E-state index contributed by atoms with van der Waals surface area (Å²) in [5, 5.41) is 0.563. The summed E-state index contributed by atoms with van der Waals surface area (Å²) in [6.45, 7) is 3.37. The highest BCUT2D eigenvalue weighted by molar-refractivity contribution is 7.91. The first kappa shape index (κ1) is 10.5. The predicted molar refractivity (Wildman–Crippen MR) is 53.9 cm³/mol. The topological polar surface area (TPSA) is 34.1 Å². The molecule has 0 N–H and O–H groups in total. The van der Waals surface area contributed by atoms with E-state index in [4.69, 9.17) is 11.6 Å². The molecule has 1 aromatic rings. The summed E-state index contributed by atoms with van der Waals surface area (Å²) in [5.41, 5.74) is 0.703. The minimum atomic E-state index is -3.10. The third kappa shape index (κ3) is 2.23. The van der Waals surface area contributed by atoms with E-state index in [0.29, 0.717) is 15.5 Å². The molecule has 0 fully saturated rings. The van der Waals surface area contributed by atoms with Gasteiger partial charge in [-0.05, 0) is 30.7 Å². The molecular weight excluding hydrogens is 208 g/mol. The molecule has 0 bridgehead atoms. The highest BCUT2D eigenvalue weighted by atomic mass is 35.5. The normalized spacial score (nSPS) is 11.6. The molecule has 0 saturated carbocycles. The van der Waals surface area contributed by atoms with Crippen LogP contribution in [0.2, 0.25) is 5.02 Å². The van der Waals surface area contributed by atoms with Gasteiger partial charge in [0, 0.05) is 5.02 Å². The van der Waals surface area contributed by atoms with E-state index in [2.05, 4.69) is 0 Å². The van der Waals surface area contributed by atoms with Crippen LogP contribution in [-0.4, -0.2) is 14.2 Å². The van der Waals surface area contributed by atoms with E-state index >= 15 is 0 Å². The molecule has 0 saturated heterocycles. The Morgan fingerprint density at radius 2 is 2.00 bits per heavy atom. The lowest BCUT2D eigenvalue weighted by Gasteiger charge is -2.05. The van der Waals surface area contributed by atoms with Crippen molar-refractivity contribution in [2.45, 2.75) is 18.7 Å². The van der Waals surface area contributed by atoms with Gasteiger partial charge >= 0.3 is 0 Å². The van der Waals surface area contributed by atoms with Crippen LogP contribution in [0.25, 0.3) is 0 Å². The summed E-state index contributed by atoms with van der Waals surface area (Å²) in [4.78, 5) is 0.374. The first-order valence-corrected chi connectivity index (χ1v) is 5.99. The van der Waals surface area contributed by atoms with Crippen LogP contribution in [0.4, 0.5) is 0 Å². The second-order valence-electron chi connectivity index (χ2n) is 2.81. The van der Waals surface area contributed by atoms with Crippen LogP contribution < -0.4 is 0 Å². The molecule has 72 valence electrons. The van der Waals surface area contributed by atoms with Crippen molar-refractivity contribution in [2.24, 2.45) is 0 Å². The molecule has 1 aromatic carbocycles. The minimum absolute atomic E-state index is 0.121. The Balaban J connectivity index is 3.33. The van der Waals surface area contributed by atoms with Gasteiger partial charge in [-0.1, -0.05) is 18.5 Å². The third-order valence-corrected chi connectivity index (χ3v) is 3.98. The van der Waals surface area contributed by atoms with Crippen LogP contribution in [0.5, 0.6) is 0 Å². The molecule has 0 radical (unpaired) electrons. The second kappa shape index (κ2) is 3.68. The van der Waals surface area contributed by atoms with Crippen molar-refractivity contribution in [3.05, 3.63) is 28.8 Å². The largest absolute Gasteiger partial charge is 0.224 e. The van der Waals surface area contributed by atoms with Crippen LogP contribution in [0.3, 0.4) is 0 Å². The lowest BCUT2D eigenvalue weighted by molar-refractivity contribution is 0.596. The maximum atomic E-state index is 11.5. The van der Waals surface area contributed by atoms with Crippen LogP contribution in [0.1, 0.15) is 12.5 Å². The van der Waals surface area contributed by atoms with Crippen molar-refractivity contribution in [1.29, 1.82) is 0 Å². The lowest BCUT2D eigenvalue weighted by Crippen LogP contribution is -2.05. The highest BCUT2D eigenvalue weighted by Crippen LogP contribution is 2.20. The Morgan fingerprint density at radius 1 is 1.38 bits per heavy atom. The first-order chi connectivity index (χ1) is 5.97. The molecule has 13 heavy (non-hydrogen) atoms. The van der Waals surface area contributed by atoms with Crippen LogP contribution >= 0.6 is 11.6 Å². The molecular formula is C9H11ClO2S. The van der Waals surface area contributed by atoms with Crippen molar-refractivity contribution < 1.29 is 8.42 Å². The summed E-state index contributed by atoms with van der Waals surface area (Å²) < 4.78 is 23.0. The second-order valence-corrected chi connectivity index (χ2v) is 5.50. The third-order valence-electron chi connectivity index (χ3n) is 1.85. The van der Waals surface area contributed by atoms with E-state index in [9.17, 15) is 8.42 Å². The minimum Gasteiger partial charge on any atom is -0.224 e. The Labute approximate surface area is 83.5 Å². The summed E-state index contributed by atoms with van der Waals surface area (Å²) in [5.74, 6) is 0.121. The van der Waals surface area contributed by atoms with Gasteiger partial charge in [-0.15, -0.1) is 0 Å². The molecule has 0 amide bonds. The van der Waals surface area contributed by atoms with E-state index in [1.54, 1.807) is 32.0 Å². The number of rotatable bonds is 2. The smallest absolute Gasteiger partial charge is 0.178 e. The van der Waals surface area contributed by atoms with Gasteiger partial charge < -0.3 is 0 Å². The van der Waals surface area contributed by atoms with Crippen molar-refractivity contribution in [2.75, 3.05) is 5.75 Å². The molecule has 0 heterocycles. The highest BCUT2D eigenvalue weighted by Gasteiger charge is 2.13. The summed E-state index contributed by atoms with van der Waals surface area (Å²) in [6, 6.07) is 4.80. The SMILES string of the molecule is CCS(=O)(=O)c1ccc(Cl)cc1C. The molecule has 0 spiro atoms. The molecule has 0 aliphatic heterocycles. The zero-order chi connectivity index (χ0) is 10.1. The Morgan fingerprint density at radius 3 is 2.46 bits per heavy atom. The molecule has 4 heteroatoms. The molecule has 0 aromatic heterocycles. The Bertz CT molecular complexity index is 410. The van der Waals surface area contributed by atoms with E-state index in [1.807, 2.05) is 0 Å². The Hall–Kier alpha value is -0.540. The summed E-state index contributed by atoms with van der Waals surface area (Å²) >= 11 is 5.72. The fourth-order valence-electron chi connectivity index (χ4n) is 1.12. The maximum Gasteiger partial charge on any atom is 0.178 e. The molecule has 0 unspecified atom stereocenters. The van der Waals surface area contributed by atoms with Gasteiger partial charge in [-0.2, -0.15) is 0 Å². The molecule has 0 aliphatic carbocycles.